The molecule has 2 N–H and O–H groups in total. The summed E-state index contributed by atoms with van der Waals surface area (Å²) in [6, 6.07) is 5.81. The lowest BCUT2D eigenvalue weighted by atomic mass is 10.2. The summed E-state index contributed by atoms with van der Waals surface area (Å²) in [6.07, 6.45) is 0. The van der Waals surface area contributed by atoms with Gasteiger partial charge < -0.3 is 15.4 Å². The van der Waals surface area contributed by atoms with Crippen molar-refractivity contribution in [2.45, 2.75) is 6.92 Å². The number of anilines is 1. The van der Waals surface area contributed by atoms with Crippen molar-refractivity contribution in [3.05, 3.63) is 23.8 Å². The van der Waals surface area contributed by atoms with Crippen LogP contribution < -0.4 is 10.5 Å². The summed E-state index contributed by atoms with van der Waals surface area (Å²) >= 11 is 0. The maximum atomic E-state index is 5.81. The van der Waals surface area contributed by atoms with Gasteiger partial charge in [0, 0.05) is 44.5 Å². The molecule has 0 aromatic heterocycles. The second kappa shape index (κ2) is 6.07. The number of nitrogens with zero attached hydrogens (tertiary/aromatic N) is 2. The highest BCUT2D eigenvalue weighted by Gasteiger charge is 2.13. The fourth-order valence-electron chi connectivity index (χ4n) is 2.13. The number of likely N-dealkylation sites (N-methyl/N-ethyl adjacent to an activating group) is 1. The Balaban J connectivity index is 1.76. The van der Waals surface area contributed by atoms with Gasteiger partial charge in [-0.3, -0.25) is 4.90 Å². The predicted octanol–water partition coefficient (Wildman–Crippen LogP) is 1.20. The minimum absolute atomic E-state index is 0.730. The Morgan fingerprint density at radius 2 is 1.94 bits per heavy atom. The van der Waals surface area contributed by atoms with Crippen LogP contribution in [0.25, 0.3) is 0 Å². The van der Waals surface area contributed by atoms with Crippen LogP contribution in [0.2, 0.25) is 0 Å². The fourth-order valence-corrected chi connectivity index (χ4v) is 2.13. The maximum absolute atomic E-state index is 5.81. The Bertz CT molecular complexity index is 387. The average molecular weight is 249 g/mol. The van der Waals surface area contributed by atoms with Crippen molar-refractivity contribution in [2.24, 2.45) is 0 Å². The van der Waals surface area contributed by atoms with E-state index in [0.29, 0.717) is 0 Å². The molecule has 1 fully saturated rings. The summed E-state index contributed by atoms with van der Waals surface area (Å²) in [5.74, 6) is 0.907. The van der Waals surface area contributed by atoms with Crippen LogP contribution in [0.5, 0.6) is 5.75 Å². The topological polar surface area (TPSA) is 41.7 Å². The molecule has 1 aromatic carbocycles. The zero-order chi connectivity index (χ0) is 13.0. The van der Waals surface area contributed by atoms with Crippen LogP contribution in [0.15, 0.2) is 18.2 Å². The van der Waals surface area contributed by atoms with E-state index >= 15 is 0 Å². The molecule has 0 saturated carbocycles. The summed E-state index contributed by atoms with van der Waals surface area (Å²) in [7, 11) is 2.17. The lowest BCUT2D eigenvalue weighted by molar-refractivity contribution is 0.133. The van der Waals surface area contributed by atoms with Crippen molar-refractivity contribution in [1.29, 1.82) is 0 Å². The van der Waals surface area contributed by atoms with Gasteiger partial charge in [0.15, 0.2) is 0 Å². The van der Waals surface area contributed by atoms with E-state index in [2.05, 4.69) is 16.8 Å². The second-order valence-corrected chi connectivity index (χ2v) is 5.02. The van der Waals surface area contributed by atoms with E-state index < -0.39 is 0 Å². The highest BCUT2D eigenvalue weighted by Crippen LogP contribution is 2.20. The van der Waals surface area contributed by atoms with Crippen molar-refractivity contribution < 1.29 is 4.74 Å². The number of ether oxygens (including phenoxy) is 1. The van der Waals surface area contributed by atoms with Gasteiger partial charge in [0.1, 0.15) is 12.4 Å². The first-order chi connectivity index (χ1) is 8.65. The number of rotatable bonds is 4. The van der Waals surface area contributed by atoms with E-state index in [1.807, 2.05) is 25.1 Å². The minimum atomic E-state index is 0.730. The zero-order valence-electron chi connectivity index (χ0n) is 11.4. The SMILES string of the molecule is Cc1ccc(N)cc1OCCN1CCN(C)CC1. The molecule has 0 unspecified atom stereocenters. The number of hydrogen-bond donors (Lipinski definition) is 1. The van der Waals surface area contributed by atoms with Gasteiger partial charge in [-0.15, -0.1) is 0 Å². The Morgan fingerprint density at radius 3 is 2.67 bits per heavy atom. The van der Waals surface area contributed by atoms with Crippen LogP contribution in [0.4, 0.5) is 5.69 Å². The maximum Gasteiger partial charge on any atom is 0.124 e. The summed E-state index contributed by atoms with van der Waals surface area (Å²) < 4.78 is 5.81. The van der Waals surface area contributed by atoms with E-state index in [0.717, 1.165) is 56.3 Å². The number of nitrogen functional groups attached to an aromatic ring is 1. The highest BCUT2D eigenvalue weighted by molar-refractivity contribution is 5.47. The monoisotopic (exact) mass is 249 g/mol. The van der Waals surface area contributed by atoms with Crippen molar-refractivity contribution in [1.82, 2.24) is 9.80 Å². The van der Waals surface area contributed by atoms with Crippen LogP contribution in [0, 0.1) is 6.92 Å². The molecule has 18 heavy (non-hydrogen) atoms. The summed E-state index contributed by atoms with van der Waals surface area (Å²) in [5, 5.41) is 0. The van der Waals surface area contributed by atoms with Gasteiger partial charge in [-0.25, -0.2) is 0 Å². The quantitative estimate of drug-likeness (QED) is 0.814. The van der Waals surface area contributed by atoms with Gasteiger partial charge in [-0.1, -0.05) is 6.07 Å². The normalized spacial score (nSPS) is 17.9. The Labute approximate surface area is 109 Å². The largest absolute Gasteiger partial charge is 0.492 e. The lowest BCUT2D eigenvalue weighted by Gasteiger charge is -2.32. The Morgan fingerprint density at radius 1 is 1.22 bits per heavy atom. The third kappa shape index (κ3) is 3.62. The molecular weight excluding hydrogens is 226 g/mol. The molecule has 2 rings (SSSR count). The standard InChI is InChI=1S/C14H23N3O/c1-12-3-4-13(15)11-14(12)18-10-9-17-7-5-16(2)6-8-17/h3-4,11H,5-10,15H2,1-2H3. The molecule has 0 radical (unpaired) electrons. The number of hydrogen-bond acceptors (Lipinski definition) is 4. The first-order valence-electron chi connectivity index (χ1n) is 6.55. The van der Waals surface area contributed by atoms with Gasteiger partial charge in [-0.2, -0.15) is 0 Å². The van der Waals surface area contributed by atoms with E-state index in [4.69, 9.17) is 10.5 Å². The van der Waals surface area contributed by atoms with Crippen molar-refractivity contribution in [2.75, 3.05) is 52.1 Å². The predicted molar refractivity (Wildman–Crippen MR) is 75.0 cm³/mol. The number of piperazine rings is 1. The summed E-state index contributed by atoms with van der Waals surface area (Å²) in [6.45, 7) is 8.33. The molecule has 4 heteroatoms. The number of aryl methyl sites for hydroxylation is 1. The molecule has 1 heterocycles. The van der Waals surface area contributed by atoms with Crippen molar-refractivity contribution in [3.8, 4) is 5.75 Å². The van der Waals surface area contributed by atoms with Crippen LogP contribution in [-0.4, -0.2) is 56.2 Å². The smallest absolute Gasteiger partial charge is 0.124 e. The van der Waals surface area contributed by atoms with E-state index in [9.17, 15) is 0 Å². The minimum Gasteiger partial charge on any atom is -0.492 e. The van der Waals surface area contributed by atoms with Crippen molar-refractivity contribution in [3.63, 3.8) is 0 Å². The zero-order valence-corrected chi connectivity index (χ0v) is 11.4. The third-order valence-electron chi connectivity index (χ3n) is 3.47. The van der Waals surface area contributed by atoms with Crippen LogP contribution in [-0.2, 0) is 0 Å². The molecular formula is C14H23N3O. The molecule has 1 aliphatic rings. The molecule has 4 nitrogen and oxygen atoms in total. The van der Waals surface area contributed by atoms with Crippen molar-refractivity contribution >= 4 is 5.69 Å². The third-order valence-corrected chi connectivity index (χ3v) is 3.47. The van der Waals surface area contributed by atoms with Gasteiger partial charge in [0.25, 0.3) is 0 Å². The number of benzene rings is 1. The molecule has 0 spiro atoms. The van der Waals surface area contributed by atoms with E-state index in [-0.39, 0.29) is 0 Å². The average Bonchev–Trinajstić information content (AvgIpc) is 2.36. The van der Waals surface area contributed by atoms with E-state index in [1.165, 1.54) is 0 Å². The van der Waals surface area contributed by atoms with Crippen LogP contribution in [0.1, 0.15) is 5.56 Å². The van der Waals surface area contributed by atoms with Gasteiger partial charge in [0.2, 0.25) is 0 Å². The van der Waals surface area contributed by atoms with Gasteiger partial charge in [0.05, 0.1) is 0 Å². The van der Waals surface area contributed by atoms with E-state index in [1.54, 1.807) is 0 Å². The molecule has 1 aromatic rings. The second-order valence-electron chi connectivity index (χ2n) is 5.02. The molecule has 0 atom stereocenters. The van der Waals surface area contributed by atoms with Gasteiger partial charge >= 0.3 is 0 Å². The first-order valence-corrected chi connectivity index (χ1v) is 6.55. The Hall–Kier alpha value is -1.26. The van der Waals surface area contributed by atoms with Gasteiger partial charge in [-0.05, 0) is 25.6 Å². The Kier molecular flexibility index (Phi) is 4.44. The summed E-state index contributed by atoms with van der Waals surface area (Å²) in [4.78, 5) is 4.81. The molecule has 1 saturated heterocycles. The molecule has 0 bridgehead atoms. The number of nitrogens with two attached hydrogens (primary N) is 1. The lowest BCUT2D eigenvalue weighted by Crippen LogP contribution is -2.45. The summed E-state index contributed by atoms with van der Waals surface area (Å²) in [5.41, 5.74) is 7.66. The molecule has 0 aliphatic carbocycles. The molecule has 100 valence electrons. The fraction of sp³-hybridized carbons (Fsp3) is 0.571. The molecule has 1 aliphatic heterocycles. The molecule has 0 amide bonds. The van der Waals surface area contributed by atoms with Crippen LogP contribution in [0.3, 0.4) is 0 Å². The van der Waals surface area contributed by atoms with Crippen LogP contribution >= 0.6 is 0 Å². The highest BCUT2D eigenvalue weighted by atomic mass is 16.5. The first kappa shape index (κ1) is 13.2.